The van der Waals surface area contributed by atoms with Crippen molar-refractivity contribution < 1.29 is 0 Å². The van der Waals surface area contributed by atoms with Gasteiger partial charge in [0, 0.05) is 56.5 Å². The molecule has 1 aromatic carbocycles. The number of piperazine rings is 1. The molecule has 2 aromatic rings. The number of nitrogens with two attached hydrogens (primary N) is 1. The van der Waals surface area contributed by atoms with Crippen molar-refractivity contribution in [1.29, 1.82) is 0 Å². The Hall–Kier alpha value is -2.34. The lowest BCUT2D eigenvalue weighted by Crippen LogP contribution is -2.47. The van der Waals surface area contributed by atoms with Gasteiger partial charge in [-0.3, -0.25) is 0 Å². The molecule has 25 heavy (non-hydrogen) atoms. The lowest BCUT2D eigenvalue weighted by Gasteiger charge is -2.36. The highest BCUT2D eigenvalue weighted by Gasteiger charge is 2.18. The van der Waals surface area contributed by atoms with Gasteiger partial charge in [0.15, 0.2) is 0 Å². The van der Waals surface area contributed by atoms with E-state index in [1.165, 1.54) is 24.2 Å². The molecule has 2 heterocycles. The number of anilines is 3. The van der Waals surface area contributed by atoms with Gasteiger partial charge in [0.1, 0.15) is 0 Å². The largest absolute Gasteiger partial charge is 0.385 e. The zero-order chi connectivity index (χ0) is 17.3. The quantitative estimate of drug-likeness (QED) is 0.719. The molecule has 3 N–H and O–H groups in total. The molecule has 6 nitrogen and oxygen atoms in total. The van der Waals surface area contributed by atoms with Crippen molar-refractivity contribution >= 4 is 17.3 Å². The van der Waals surface area contributed by atoms with Crippen molar-refractivity contribution in [3.63, 3.8) is 0 Å². The Labute approximate surface area is 150 Å². The fourth-order valence-electron chi connectivity index (χ4n) is 3.09. The fraction of sp³-hybridized carbons (Fsp3) is 0.474. The highest BCUT2D eigenvalue weighted by molar-refractivity contribution is 5.56. The van der Waals surface area contributed by atoms with Crippen LogP contribution in [0.1, 0.15) is 19.3 Å². The van der Waals surface area contributed by atoms with E-state index in [0.717, 1.165) is 51.6 Å². The van der Waals surface area contributed by atoms with E-state index < -0.39 is 0 Å². The van der Waals surface area contributed by atoms with Gasteiger partial charge >= 0.3 is 0 Å². The topological polar surface area (TPSA) is 70.3 Å². The van der Waals surface area contributed by atoms with E-state index >= 15 is 0 Å². The molecule has 1 aliphatic rings. The first-order chi connectivity index (χ1) is 12.4. The van der Waals surface area contributed by atoms with Crippen LogP contribution in [0.2, 0.25) is 0 Å². The third-order valence-corrected chi connectivity index (χ3v) is 4.56. The first-order valence-electron chi connectivity index (χ1n) is 9.18. The molecule has 0 spiro atoms. The van der Waals surface area contributed by atoms with Crippen LogP contribution in [0.25, 0.3) is 0 Å². The summed E-state index contributed by atoms with van der Waals surface area (Å²) in [7, 11) is 0. The average molecular weight is 340 g/mol. The van der Waals surface area contributed by atoms with E-state index in [2.05, 4.69) is 49.4 Å². The number of nitrogens with zero attached hydrogens (tertiary/aromatic N) is 4. The number of benzene rings is 1. The van der Waals surface area contributed by atoms with E-state index in [-0.39, 0.29) is 0 Å². The molecular weight excluding hydrogens is 312 g/mol. The summed E-state index contributed by atoms with van der Waals surface area (Å²) in [5, 5.41) is 3.48. The van der Waals surface area contributed by atoms with E-state index in [9.17, 15) is 0 Å². The molecular formula is C19H28N6. The Morgan fingerprint density at radius 3 is 2.24 bits per heavy atom. The van der Waals surface area contributed by atoms with Gasteiger partial charge in [-0.05, 0) is 49.7 Å². The number of rotatable bonds is 8. The molecule has 0 saturated carbocycles. The summed E-state index contributed by atoms with van der Waals surface area (Å²) < 4.78 is 0. The number of aromatic nitrogens is 2. The standard InChI is InChI=1S/C19H28N6/c20-9-2-1-3-10-21-17-5-7-18(8-6-17)24-13-15-25(16-14-24)19-22-11-4-12-23-19/h4-8,11-12,21H,1-3,9-10,13-16,20H2. The van der Waals surface area contributed by atoms with Gasteiger partial charge < -0.3 is 20.9 Å². The summed E-state index contributed by atoms with van der Waals surface area (Å²) in [5.41, 5.74) is 7.98. The van der Waals surface area contributed by atoms with Gasteiger partial charge in [0.05, 0.1) is 0 Å². The predicted molar refractivity (Wildman–Crippen MR) is 104 cm³/mol. The number of nitrogens with one attached hydrogen (secondary N) is 1. The second-order valence-electron chi connectivity index (χ2n) is 6.35. The third-order valence-electron chi connectivity index (χ3n) is 4.56. The average Bonchev–Trinajstić information content (AvgIpc) is 2.69. The van der Waals surface area contributed by atoms with E-state index in [4.69, 9.17) is 5.73 Å². The monoisotopic (exact) mass is 340 g/mol. The summed E-state index contributed by atoms with van der Waals surface area (Å²) in [6.45, 7) is 5.68. The Morgan fingerprint density at radius 2 is 1.56 bits per heavy atom. The molecule has 1 aliphatic heterocycles. The molecule has 0 atom stereocenters. The number of unbranched alkanes of at least 4 members (excludes halogenated alkanes) is 2. The van der Waals surface area contributed by atoms with E-state index in [1.807, 2.05) is 6.07 Å². The van der Waals surface area contributed by atoms with Crippen molar-refractivity contribution in [1.82, 2.24) is 9.97 Å². The third kappa shape index (κ3) is 5.06. The molecule has 1 saturated heterocycles. The van der Waals surface area contributed by atoms with Gasteiger partial charge in [-0.15, -0.1) is 0 Å². The summed E-state index contributed by atoms with van der Waals surface area (Å²) in [4.78, 5) is 13.3. The molecule has 0 radical (unpaired) electrons. The molecule has 134 valence electrons. The van der Waals surface area contributed by atoms with Crippen LogP contribution in [0.3, 0.4) is 0 Å². The Bertz CT molecular complexity index is 608. The molecule has 1 aromatic heterocycles. The van der Waals surface area contributed by atoms with Crippen molar-refractivity contribution in [2.75, 3.05) is 54.4 Å². The molecule has 1 fully saturated rings. The summed E-state index contributed by atoms with van der Waals surface area (Å²) in [6.07, 6.45) is 7.08. The molecule has 0 bridgehead atoms. The Kier molecular flexibility index (Phi) is 6.45. The first kappa shape index (κ1) is 17.5. The van der Waals surface area contributed by atoms with Crippen LogP contribution in [0, 0.1) is 0 Å². The minimum atomic E-state index is 0.790. The van der Waals surface area contributed by atoms with Crippen LogP contribution in [0.5, 0.6) is 0 Å². The molecule has 0 aliphatic carbocycles. The second-order valence-corrected chi connectivity index (χ2v) is 6.35. The lowest BCUT2D eigenvalue weighted by atomic mass is 10.2. The van der Waals surface area contributed by atoms with Crippen LogP contribution in [-0.2, 0) is 0 Å². The normalized spacial score (nSPS) is 14.6. The van der Waals surface area contributed by atoms with Gasteiger partial charge in [-0.25, -0.2) is 9.97 Å². The lowest BCUT2D eigenvalue weighted by molar-refractivity contribution is 0.640. The first-order valence-corrected chi connectivity index (χ1v) is 9.18. The number of hydrogen-bond donors (Lipinski definition) is 2. The van der Waals surface area contributed by atoms with Gasteiger partial charge in [-0.1, -0.05) is 6.42 Å². The maximum Gasteiger partial charge on any atom is 0.225 e. The maximum atomic E-state index is 5.52. The van der Waals surface area contributed by atoms with E-state index in [1.54, 1.807) is 12.4 Å². The van der Waals surface area contributed by atoms with Gasteiger partial charge in [0.2, 0.25) is 5.95 Å². The van der Waals surface area contributed by atoms with Crippen molar-refractivity contribution in [3.05, 3.63) is 42.7 Å². The Morgan fingerprint density at radius 1 is 0.880 bits per heavy atom. The van der Waals surface area contributed by atoms with Gasteiger partial charge in [-0.2, -0.15) is 0 Å². The van der Waals surface area contributed by atoms with Crippen molar-refractivity contribution in [2.24, 2.45) is 5.73 Å². The SMILES string of the molecule is NCCCCCNc1ccc(N2CCN(c3ncccn3)CC2)cc1. The van der Waals surface area contributed by atoms with Crippen molar-refractivity contribution in [3.8, 4) is 0 Å². The van der Waals surface area contributed by atoms with Crippen molar-refractivity contribution in [2.45, 2.75) is 19.3 Å². The summed E-state index contributed by atoms with van der Waals surface area (Å²) in [5.74, 6) is 0.830. The van der Waals surface area contributed by atoms with E-state index in [0.29, 0.717) is 0 Å². The number of hydrogen-bond acceptors (Lipinski definition) is 6. The smallest absolute Gasteiger partial charge is 0.225 e. The minimum Gasteiger partial charge on any atom is -0.385 e. The molecule has 6 heteroatoms. The zero-order valence-electron chi connectivity index (χ0n) is 14.8. The minimum absolute atomic E-state index is 0.790. The Balaban J connectivity index is 1.45. The molecule has 0 amide bonds. The summed E-state index contributed by atoms with van der Waals surface area (Å²) in [6, 6.07) is 10.6. The summed E-state index contributed by atoms with van der Waals surface area (Å²) >= 11 is 0. The second kappa shape index (κ2) is 9.22. The highest BCUT2D eigenvalue weighted by atomic mass is 15.3. The van der Waals surface area contributed by atoms with Crippen LogP contribution >= 0.6 is 0 Å². The van der Waals surface area contributed by atoms with Crippen LogP contribution in [-0.4, -0.2) is 49.2 Å². The molecule has 0 unspecified atom stereocenters. The predicted octanol–water partition coefficient (Wildman–Crippen LogP) is 2.34. The maximum absolute atomic E-state index is 5.52. The molecule has 3 rings (SSSR count). The van der Waals surface area contributed by atoms with Crippen LogP contribution in [0.4, 0.5) is 17.3 Å². The van der Waals surface area contributed by atoms with Crippen LogP contribution < -0.4 is 20.9 Å². The zero-order valence-corrected chi connectivity index (χ0v) is 14.8. The fourth-order valence-corrected chi connectivity index (χ4v) is 3.09. The van der Waals surface area contributed by atoms with Crippen LogP contribution in [0.15, 0.2) is 42.7 Å². The van der Waals surface area contributed by atoms with Gasteiger partial charge in [0.25, 0.3) is 0 Å². The highest BCUT2D eigenvalue weighted by Crippen LogP contribution is 2.20.